The zero-order valence-corrected chi connectivity index (χ0v) is 18.0. The number of carbonyl (C=O) groups excluding carboxylic acids is 1. The third-order valence-electron chi connectivity index (χ3n) is 6.24. The fourth-order valence-electron chi connectivity index (χ4n) is 4.62. The summed E-state index contributed by atoms with van der Waals surface area (Å²) in [5.41, 5.74) is 3.28. The van der Waals surface area contributed by atoms with Crippen molar-refractivity contribution < 1.29 is 22.0 Å². The van der Waals surface area contributed by atoms with Gasteiger partial charge in [-0.15, -0.1) is 0 Å². The van der Waals surface area contributed by atoms with Crippen LogP contribution in [0.5, 0.6) is 0 Å². The molecule has 2 aliphatic rings. The van der Waals surface area contributed by atoms with Crippen molar-refractivity contribution in [3.05, 3.63) is 56.5 Å². The van der Waals surface area contributed by atoms with Crippen LogP contribution < -0.4 is 10.9 Å². The van der Waals surface area contributed by atoms with E-state index in [1.54, 1.807) is 6.07 Å². The summed E-state index contributed by atoms with van der Waals surface area (Å²) < 4.78 is 34.5. The maximum atomic E-state index is 12.6. The maximum Gasteiger partial charge on any atom is 0.339 e. The third-order valence-corrected chi connectivity index (χ3v) is 7.64. The highest BCUT2D eigenvalue weighted by Gasteiger charge is 2.24. The molecule has 1 unspecified atom stereocenters. The molecule has 1 amide bonds. The summed E-state index contributed by atoms with van der Waals surface area (Å²) in [5, 5.41) is 5.72. The van der Waals surface area contributed by atoms with E-state index in [0.717, 1.165) is 58.8 Å². The minimum absolute atomic E-state index is 0.0743. The number of aryl methyl sites for hydroxylation is 3. The molecule has 0 spiro atoms. The average Bonchev–Trinajstić information content (AvgIpc) is 3.25. The van der Waals surface area contributed by atoms with E-state index in [1.165, 1.54) is 11.6 Å². The first-order valence-corrected chi connectivity index (χ1v) is 12.2. The zero-order chi connectivity index (χ0) is 21.8. The normalized spacial score (nSPS) is 19.7. The van der Waals surface area contributed by atoms with E-state index in [4.69, 9.17) is 8.83 Å². The summed E-state index contributed by atoms with van der Waals surface area (Å²) in [6.45, 7) is 1.87. The van der Waals surface area contributed by atoms with Gasteiger partial charge in [0, 0.05) is 46.2 Å². The largest absolute Gasteiger partial charge is 0.461 e. The zero-order valence-electron chi connectivity index (χ0n) is 17.2. The van der Waals surface area contributed by atoms with Crippen LogP contribution in [0, 0.1) is 6.92 Å². The molecule has 0 radical (unpaired) electrons. The summed E-state index contributed by atoms with van der Waals surface area (Å²) in [4.78, 5) is 24.9. The number of benzene rings is 1. The number of rotatable bonds is 4. The van der Waals surface area contributed by atoms with Gasteiger partial charge in [-0.05, 0) is 50.3 Å². The Morgan fingerprint density at radius 3 is 2.68 bits per heavy atom. The van der Waals surface area contributed by atoms with Gasteiger partial charge < -0.3 is 14.2 Å². The Labute approximate surface area is 179 Å². The second kappa shape index (κ2) is 7.37. The van der Waals surface area contributed by atoms with Crippen molar-refractivity contribution in [2.24, 2.45) is 0 Å². The molecule has 3 aromatic rings. The number of nitrogens with one attached hydrogen (secondary N) is 1. The quantitative estimate of drug-likeness (QED) is 0.624. The highest BCUT2D eigenvalue weighted by atomic mass is 32.2. The number of fused-ring (bicyclic) bond motifs is 4. The van der Waals surface area contributed by atoms with Gasteiger partial charge in [0.15, 0.2) is 9.84 Å². The molecule has 1 aliphatic carbocycles. The van der Waals surface area contributed by atoms with Crippen molar-refractivity contribution in [2.45, 2.75) is 51.5 Å². The Morgan fingerprint density at radius 2 is 1.90 bits per heavy atom. The first-order chi connectivity index (χ1) is 14.8. The molecule has 1 aliphatic heterocycles. The highest BCUT2D eigenvalue weighted by molar-refractivity contribution is 7.94. The molecule has 0 fully saturated rings. The van der Waals surface area contributed by atoms with Gasteiger partial charge in [0.1, 0.15) is 16.9 Å². The first-order valence-electron chi connectivity index (χ1n) is 10.5. The summed E-state index contributed by atoms with van der Waals surface area (Å²) in [5.74, 6) is 0.599. The van der Waals surface area contributed by atoms with E-state index in [-0.39, 0.29) is 24.5 Å². The Kier molecular flexibility index (Phi) is 4.77. The van der Waals surface area contributed by atoms with Crippen LogP contribution in [0.2, 0.25) is 0 Å². The van der Waals surface area contributed by atoms with Crippen molar-refractivity contribution in [2.75, 3.05) is 5.75 Å². The molecule has 0 bridgehead atoms. The van der Waals surface area contributed by atoms with Crippen LogP contribution in [0.1, 0.15) is 41.7 Å². The van der Waals surface area contributed by atoms with Crippen LogP contribution in [0.25, 0.3) is 21.9 Å². The molecule has 0 saturated carbocycles. The minimum atomic E-state index is -3.23. The van der Waals surface area contributed by atoms with Crippen LogP contribution in [0.4, 0.5) is 0 Å². The fourth-order valence-corrected chi connectivity index (χ4v) is 5.85. The van der Waals surface area contributed by atoms with Gasteiger partial charge in [-0.3, -0.25) is 4.79 Å². The number of hydrogen-bond acceptors (Lipinski definition) is 6. The van der Waals surface area contributed by atoms with Crippen molar-refractivity contribution in [3.63, 3.8) is 0 Å². The lowest BCUT2D eigenvalue weighted by Crippen LogP contribution is -2.35. The van der Waals surface area contributed by atoms with Gasteiger partial charge in [0.2, 0.25) is 5.91 Å². The highest BCUT2D eigenvalue weighted by Crippen LogP contribution is 2.35. The van der Waals surface area contributed by atoms with Gasteiger partial charge in [0.05, 0.1) is 11.8 Å². The van der Waals surface area contributed by atoms with Crippen LogP contribution >= 0.6 is 0 Å². The molecule has 7 nitrogen and oxygen atoms in total. The molecule has 31 heavy (non-hydrogen) atoms. The van der Waals surface area contributed by atoms with E-state index < -0.39 is 21.5 Å². The molecule has 0 saturated heterocycles. The number of furan rings is 1. The molecule has 2 aromatic heterocycles. The topological polar surface area (TPSA) is 107 Å². The van der Waals surface area contributed by atoms with E-state index in [1.807, 2.05) is 13.0 Å². The van der Waals surface area contributed by atoms with Crippen molar-refractivity contribution in [1.29, 1.82) is 0 Å². The Bertz CT molecular complexity index is 1410. The molecule has 5 rings (SSSR count). The second-order valence-corrected chi connectivity index (χ2v) is 10.3. The molecule has 3 heterocycles. The van der Waals surface area contributed by atoms with Crippen LogP contribution in [0.15, 0.2) is 37.2 Å². The maximum absolute atomic E-state index is 12.6. The molecule has 162 valence electrons. The van der Waals surface area contributed by atoms with Crippen LogP contribution in [-0.2, 0) is 33.9 Å². The summed E-state index contributed by atoms with van der Waals surface area (Å²) in [7, 11) is -3.23. The summed E-state index contributed by atoms with van der Waals surface area (Å²) in [6.07, 6.45) is 5.95. The molecule has 1 atom stereocenters. The van der Waals surface area contributed by atoms with Gasteiger partial charge >= 0.3 is 5.63 Å². The molecule has 1 aromatic carbocycles. The Hall–Kier alpha value is -2.87. The molecular weight excluding hydrogens is 418 g/mol. The molecule has 8 heteroatoms. The van der Waals surface area contributed by atoms with Gasteiger partial charge in [-0.1, -0.05) is 0 Å². The third kappa shape index (κ3) is 3.69. The van der Waals surface area contributed by atoms with Crippen LogP contribution in [0.3, 0.4) is 0 Å². The number of amides is 1. The number of sulfone groups is 1. The molecular formula is C23H23NO6S. The van der Waals surface area contributed by atoms with E-state index >= 15 is 0 Å². The predicted octanol–water partition coefficient (Wildman–Crippen LogP) is 3.09. The Morgan fingerprint density at radius 1 is 1.13 bits per heavy atom. The lowest BCUT2D eigenvalue weighted by Gasteiger charge is -2.11. The second-order valence-electron chi connectivity index (χ2n) is 8.38. The number of hydrogen-bond donors (Lipinski definition) is 1. The molecule has 1 N–H and O–H groups in total. The van der Waals surface area contributed by atoms with E-state index in [9.17, 15) is 18.0 Å². The van der Waals surface area contributed by atoms with Crippen LogP contribution in [-0.4, -0.2) is 26.1 Å². The predicted molar refractivity (Wildman–Crippen MR) is 117 cm³/mol. The lowest BCUT2D eigenvalue weighted by atomic mass is 9.94. The van der Waals surface area contributed by atoms with Gasteiger partial charge in [-0.2, -0.15) is 0 Å². The summed E-state index contributed by atoms with van der Waals surface area (Å²) >= 11 is 0. The first kappa shape index (κ1) is 20.1. The summed E-state index contributed by atoms with van der Waals surface area (Å²) in [6, 6.07) is 3.31. The van der Waals surface area contributed by atoms with Gasteiger partial charge in [0.25, 0.3) is 0 Å². The van der Waals surface area contributed by atoms with E-state index in [0.29, 0.717) is 11.1 Å². The van der Waals surface area contributed by atoms with Gasteiger partial charge in [-0.25, -0.2) is 13.2 Å². The lowest BCUT2D eigenvalue weighted by molar-refractivity contribution is -0.121. The SMILES string of the molecule is Cc1c(CCC(=O)NC2C=CS(=O)(=O)C2)c(=O)oc2cc3oc4c(c3cc12)CCCC4. The monoisotopic (exact) mass is 441 g/mol. The van der Waals surface area contributed by atoms with Crippen molar-refractivity contribution in [3.8, 4) is 0 Å². The minimum Gasteiger partial charge on any atom is -0.461 e. The standard InChI is InChI=1S/C23H23NO6S/c1-13-15(6-7-22(25)24-14-8-9-31(27,28)12-14)23(26)30-20-11-21-18(10-17(13)20)16-4-2-3-5-19(16)29-21/h8-11,14H,2-7,12H2,1H3,(H,24,25). The van der Waals surface area contributed by atoms with E-state index in [2.05, 4.69) is 5.32 Å². The number of carbonyl (C=O) groups is 1. The Balaban J connectivity index is 1.42. The average molecular weight is 442 g/mol. The van der Waals surface area contributed by atoms with Crippen molar-refractivity contribution >= 4 is 37.7 Å². The fraction of sp³-hybridized carbons (Fsp3) is 0.391. The van der Waals surface area contributed by atoms with Crippen molar-refractivity contribution in [1.82, 2.24) is 5.32 Å². The smallest absolute Gasteiger partial charge is 0.339 e.